The first-order valence-corrected chi connectivity index (χ1v) is 11.2. The van der Waals surface area contributed by atoms with Gasteiger partial charge in [-0.25, -0.2) is 9.18 Å². The summed E-state index contributed by atoms with van der Waals surface area (Å²) in [6.45, 7) is 10.7. The van der Waals surface area contributed by atoms with Crippen molar-refractivity contribution in [1.29, 1.82) is 0 Å². The van der Waals surface area contributed by atoms with E-state index >= 15 is 0 Å². The molecule has 0 fully saturated rings. The van der Waals surface area contributed by atoms with Crippen LogP contribution in [0.1, 0.15) is 32.8 Å². The molecule has 1 heterocycles. The lowest BCUT2D eigenvalue weighted by molar-refractivity contribution is -0.896. The van der Waals surface area contributed by atoms with Gasteiger partial charge >= 0.3 is 6.09 Å². The maximum Gasteiger partial charge on any atom is 0.411 e. The quantitative estimate of drug-likeness (QED) is 0.394. The van der Waals surface area contributed by atoms with Crippen LogP contribution in [0.4, 0.5) is 14.9 Å². The molecule has 33 heavy (non-hydrogen) atoms. The highest BCUT2D eigenvalue weighted by Crippen LogP contribution is 2.29. The molecule has 0 aliphatic carbocycles. The highest BCUT2D eigenvalue weighted by Gasteiger charge is 2.15. The van der Waals surface area contributed by atoms with Gasteiger partial charge in [0.1, 0.15) is 5.82 Å². The Labute approximate surface area is 200 Å². The van der Waals surface area contributed by atoms with E-state index in [1.54, 1.807) is 25.1 Å². The summed E-state index contributed by atoms with van der Waals surface area (Å²) in [5.74, 6) is 0.247. The number of halogens is 2. The number of quaternary nitrogens is 1. The number of hydrogen-bond donors (Lipinski definition) is 2. The van der Waals surface area contributed by atoms with E-state index < -0.39 is 6.09 Å². The van der Waals surface area contributed by atoms with Crippen LogP contribution in [0.2, 0.25) is 0 Å². The molecule has 180 valence electrons. The van der Waals surface area contributed by atoms with Crippen LogP contribution in [-0.4, -0.2) is 48.7 Å². The summed E-state index contributed by atoms with van der Waals surface area (Å²) in [5.41, 5.74) is 2.41. The van der Waals surface area contributed by atoms with Crippen molar-refractivity contribution >= 4 is 22.7 Å². The monoisotopic (exact) mass is 478 g/mol. The number of hydrogen-bond acceptors (Lipinski definition) is 4. The van der Waals surface area contributed by atoms with E-state index in [4.69, 9.17) is 9.47 Å². The summed E-state index contributed by atoms with van der Waals surface area (Å²) in [6, 6.07) is 11.9. The van der Waals surface area contributed by atoms with Gasteiger partial charge in [-0.2, -0.15) is 0 Å². The Morgan fingerprint density at radius 1 is 1.12 bits per heavy atom. The molecule has 1 amide bonds. The lowest BCUT2D eigenvalue weighted by Crippen LogP contribution is -3.11. The van der Waals surface area contributed by atoms with Crippen molar-refractivity contribution in [2.45, 2.75) is 33.7 Å². The molecule has 1 aromatic heterocycles. The summed E-state index contributed by atoms with van der Waals surface area (Å²) < 4.78 is 26.1. The van der Waals surface area contributed by atoms with Crippen molar-refractivity contribution < 1.29 is 36.0 Å². The molecule has 0 spiro atoms. The second-order valence-electron chi connectivity index (χ2n) is 7.58. The second-order valence-corrected chi connectivity index (χ2v) is 7.58. The van der Waals surface area contributed by atoms with Crippen LogP contribution >= 0.6 is 0 Å². The van der Waals surface area contributed by atoms with Gasteiger partial charge in [0.25, 0.3) is 0 Å². The van der Waals surface area contributed by atoms with Crippen molar-refractivity contribution in [3.63, 3.8) is 0 Å². The number of aromatic nitrogens is 2. The van der Waals surface area contributed by atoms with E-state index in [1.165, 1.54) is 17.0 Å². The smallest absolute Gasteiger partial charge is 0.411 e. The largest absolute Gasteiger partial charge is 1.00 e. The fourth-order valence-corrected chi connectivity index (χ4v) is 3.60. The van der Waals surface area contributed by atoms with Gasteiger partial charge in [0.15, 0.2) is 0 Å². The summed E-state index contributed by atoms with van der Waals surface area (Å²) in [6.07, 6.45) is 0.416. The van der Waals surface area contributed by atoms with Gasteiger partial charge in [0, 0.05) is 12.1 Å². The van der Waals surface area contributed by atoms with Crippen LogP contribution < -0.4 is 27.4 Å². The topological polar surface area (TPSA) is 69.8 Å². The molecule has 3 rings (SSSR count). The highest BCUT2D eigenvalue weighted by atomic mass is 35.5. The molecule has 0 saturated carbocycles. The Morgan fingerprint density at radius 3 is 2.52 bits per heavy atom. The Hall–Kier alpha value is -2.84. The number of amides is 1. The van der Waals surface area contributed by atoms with Gasteiger partial charge in [0.2, 0.25) is 5.88 Å². The number of benzene rings is 2. The Kier molecular flexibility index (Phi) is 10.4. The number of anilines is 1. The van der Waals surface area contributed by atoms with Crippen molar-refractivity contribution in [1.82, 2.24) is 9.78 Å². The van der Waals surface area contributed by atoms with Crippen LogP contribution in [0.15, 0.2) is 42.5 Å². The Balaban J connectivity index is 0.00000385. The minimum Gasteiger partial charge on any atom is -1.00 e. The first-order valence-electron chi connectivity index (χ1n) is 11.2. The number of nitrogens with zero attached hydrogens (tertiary/aromatic N) is 2. The van der Waals surface area contributed by atoms with Gasteiger partial charge in [-0.3, -0.25) is 10.00 Å². The van der Waals surface area contributed by atoms with E-state index in [2.05, 4.69) is 24.3 Å². The molecule has 0 radical (unpaired) electrons. The van der Waals surface area contributed by atoms with Crippen LogP contribution in [0.5, 0.6) is 5.88 Å². The fraction of sp³-hybridized carbons (Fsp3) is 0.417. The summed E-state index contributed by atoms with van der Waals surface area (Å²) >= 11 is 0. The Bertz CT molecular complexity index is 1020. The van der Waals surface area contributed by atoms with Crippen LogP contribution in [-0.2, 0) is 11.3 Å². The number of rotatable bonds is 11. The SMILES string of the molecule is CCOC(=O)Nc1ccc2c(c1)c(OCCC[NH+](CC)CC)nn2Cc1ccc(F)cc1.[Cl-]. The third-order valence-electron chi connectivity index (χ3n) is 5.40. The standard InChI is InChI=1S/C24H31FN4O3.ClH/c1-4-28(5-2)14-7-15-32-23-21-16-20(26-24(30)31-6-3)12-13-22(21)29(27-23)17-18-8-10-19(25)11-9-18;/h8-13,16H,4-7,14-15,17H2,1-3H3,(H,26,30);1H. The zero-order valence-electron chi connectivity index (χ0n) is 19.4. The molecule has 0 atom stereocenters. The lowest BCUT2D eigenvalue weighted by Gasteiger charge is -2.14. The van der Waals surface area contributed by atoms with E-state index in [0.29, 0.717) is 31.3 Å². The van der Waals surface area contributed by atoms with E-state index in [-0.39, 0.29) is 18.2 Å². The summed E-state index contributed by atoms with van der Waals surface area (Å²) in [4.78, 5) is 13.3. The van der Waals surface area contributed by atoms with Crippen LogP contribution in [0.25, 0.3) is 10.9 Å². The number of carbonyl (C=O) groups excluding carboxylic acids is 1. The third-order valence-corrected chi connectivity index (χ3v) is 5.40. The fourth-order valence-electron chi connectivity index (χ4n) is 3.60. The van der Waals surface area contributed by atoms with Crippen LogP contribution in [0, 0.1) is 5.82 Å². The average Bonchev–Trinajstić information content (AvgIpc) is 3.12. The maximum absolute atomic E-state index is 13.3. The molecule has 0 bridgehead atoms. The Morgan fingerprint density at radius 2 is 1.85 bits per heavy atom. The molecule has 2 aromatic carbocycles. The second kappa shape index (κ2) is 13.0. The van der Waals surface area contributed by atoms with Crippen molar-refractivity contribution in [2.24, 2.45) is 0 Å². The van der Waals surface area contributed by atoms with Crippen molar-refractivity contribution in [3.05, 3.63) is 53.8 Å². The highest BCUT2D eigenvalue weighted by molar-refractivity contribution is 5.92. The van der Waals surface area contributed by atoms with Gasteiger partial charge in [-0.15, -0.1) is 5.10 Å². The van der Waals surface area contributed by atoms with Gasteiger partial charge < -0.3 is 26.8 Å². The van der Waals surface area contributed by atoms with Crippen molar-refractivity contribution in [2.75, 3.05) is 38.2 Å². The molecule has 7 nitrogen and oxygen atoms in total. The summed E-state index contributed by atoms with van der Waals surface area (Å²) in [5, 5.41) is 8.20. The normalized spacial score (nSPS) is 10.8. The zero-order valence-corrected chi connectivity index (χ0v) is 20.1. The van der Waals surface area contributed by atoms with Gasteiger partial charge in [0.05, 0.1) is 50.3 Å². The van der Waals surface area contributed by atoms with Gasteiger partial charge in [-0.1, -0.05) is 12.1 Å². The van der Waals surface area contributed by atoms with Gasteiger partial charge in [-0.05, 0) is 56.7 Å². The lowest BCUT2D eigenvalue weighted by atomic mass is 10.2. The summed E-state index contributed by atoms with van der Waals surface area (Å²) in [7, 11) is 0. The van der Waals surface area contributed by atoms with Crippen LogP contribution in [0.3, 0.4) is 0 Å². The number of ether oxygens (including phenoxy) is 2. The molecule has 0 aliphatic heterocycles. The average molecular weight is 479 g/mol. The molecular formula is C24H32ClFN4O3. The molecule has 0 aliphatic rings. The van der Waals surface area contributed by atoms with E-state index in [0.717, 1.165) is 42.5 Å². The van der Waals surface area contributed by atoms with Crippen molar-refractivity contribution in [3.8, 4) is 5.88 Å². The zero-order chi connectivity index (χ0) is 22.9. The number of nitrogens with one attached hydrogen (secondary N) is 2. The maximum atomic E-state index is 13.3. The predicted molar refractivity (Wildman–Crippen MR) is 123 cm³/mol. The predicted octanol–water partition coefficient (Wildman–Crippen LogP) is 0.490. The molecule has 3 aromatic rings. The molecule has 9 heteroatoms. The first kappa shape index (κ1) is 26.4. The first-order chi connectivity index (χ1) is 15.5. The number of fused-ring (bicyclic) bond motifs is 1. The number of carbonyl (C=O) groups is 1. The van der Waals surface area contributed by atoms with E-state index in [1.807, 2.05) is 16.8 Å². The molecule has 0 unspecified atom stereocenters. The minimum absolute atomic E-state index is 0. The minimum atomic E-state index is -0.504. The molecule has 0 saturated heterocycles. The molecular weight excluding hydrogens is 447 g/mol. The van der Waals surface area contributed by atoms with E-state index in [9.17, 15) is 9.18 Å². The molecule has 2 N–H and O–H groups in total. The third kappa shape index (κ3) is 7.33.